The first-order valence-corrected chi connectivity index (χ1v) is 9.75. The molecule has 0 bridgehead atoms. The Morgan fingerprint density at radius 3 is 2.74 bits per heavy atom. The van der Waals surface area contributed by atoms with Crippen molar-refractivity contribution in [3.8, 4) is 11.5 Å². The Balaban J connectivity index is 1.60. The summed E-state index contributed by atoms with van der Waals surface area (Å²) in [4.78, 5) is 16.5. The van der Waals surface area contributed by atoms with Crippen LogP contribution in [0, 0.1) is 6.92 Å². The Morgan fingerprint density at radius 1 is 1.15 bits per heavy atom. The molecule has 140 valence electrons. The maximum absolute atomic E-state index is 12.3. The van der Waals surface area contributed by atoms with Gasteiger partial charge in [0.25, 0.3) is 0 Å². The summed E-state index contributed by atoms with van der Waals surface area (Å²) in [5, 5.41) is 2.69. The largest absolute Gasteiger partial charge is 0.463 e. The molecule has 8 heteroatoms. The summed E-state index contributed by atoms with van der Waals surface area (Å²) in [5.41, 5.74) is 2.22. The molecule has 1 aromatic carbocycles. The molecule has 3 aromatic rings. The summed E-state index contributed by atoms with van der Waals surface area (Å²) in [6.45, 7) is 1.65. The minimum absolute atomic E-state index is 0.127. The zero-order valence-corrected chi connectivity index (χ0v) is 15.5. The van der Waals surface area contributed by atoms with E-state index in [2.05, 4.69) is 15.0 Å². The van der Waals surface area contributed by atoms with Crippen molar-refractivity contribution >= 4 is 15.9 Å². The van der Waals surface area contributed by atoms with E-state index >= 15 is 0 Å². The number of aromatic nitrogens is 1. The summed E-state index contributed by atoms with van der Waals surface area (Å²) in [6, 6.07) is 13.6. The number of hydrogen-bond donors (Lipinski definition) is 2. The number of amides is 1. The van der Waals surface area contributed by atoms with Crippen LogP contribution in [0.2, 0.25) is 0 Å². The van der Waals surface area contributed by atoms with Gasteiger partial charge in [-0.25, -0.2) is 13.1 Å². The van der Waals surface area contributed by atoms with E-state index in [9.17, 15) is 13.2 Å². The number of pyridine rings is 1. The van der Waals surface area contributed by atoms with Crippen molar-refractivity contribution < 1.29 is 17.6 Å². The van der Waals surface area contributed by atoms with E-state index in [-0.39, 0.29) is 18.0 Å². The van der Waals surface area contributed by atoms with Crippen LogP contribution >= 0.6 is 0 Å². The minimum Gasteiger partial charge on any atom is -0.463 e. The highest BCUT2D eigenvalue weighted by atomic mass is 32.2. The molecule has 27 heavy (non-hydrogen) atoms. The summed E-state index contributed by atoms with van der Waals surface area (Å²) < 4.78 is 32.2. The predicted octanol–water partition coefficient (Wildman–Crippen LogP) is 2.24. The van der Waals surface area contributed by atoms with Crippen molar-refractivity contribution in [2.45, 2.75) is 18.4 Å². The molecule has 0 aliphatic carbocycles. The molecule has 0 atom stereocenters. The lowest BCUT2D eigenvalue weighted by molar-refractivity contribution is -0.120. The molecule has 0 aliphatic rings. The van der Waals surface area contributed by atoms with E-state index < -0.39 is 15.9 Å². The van der Waals surface area contributed by atoms with Gasteiger partial charge in [0.15, 0.2) is 5.76 Å². The minimum atomic E-state index is -3.74. The maximum Gasteiger partial charge on any atom is 0.241 e. The zero-order chi connectivity index (χ0) is 19.3. The zero-order valence-electron chi connectivity index (χ0n) is 14.7. The third-order valence-corrected chi connectivity index (χ3v) is 5.24. The molecule has 2 aromatic heterocycles. The van der Waals surface area contributed by atoms with Gasteiger partial charge in [-0.15, -0.1) is 0 Å². The molecule has 7 nitrogen and oxygen atoms in total. The number of carbonyl (C=O) groups excluding carboxylic acids is 1. The van der Waals surface area contributed by atoms with Gasteiger partial charge in [0.1, 0.15) is 5.69 Å². The number of hydrogen-bond acceptors (Lipinski definition) is 5. The molecule has 3 rings (SSSR count). The molecule has 0 saturated carbocycles. The van der Waals surface area contributed by atoms with Crippen molar-refractivity contribution in [3.05, 3.63) is 72.1 Å². The number of carbonyl (C=O) groups is 1. The van der Waals surface area contributed by atoms with Crippen LogP contribution in [0.1, 0.15) is 11.1 Å². The van der Waals surface area contributed by atoms with Gasteiger partial charge in [-0.05, 0) is 42.8 Å². The average molecular weight is 385 g/mol. The van der Waals surface area contributed by atoms with Gasteiger partial charge in [0, 0.05) is 18.3 Å². The van der Waals surface area contributed by atoms with Crippen LogP contribution in [0.15, 0.2) is 70.3 Å². The van der Waals surface area contributed by atoms with Gasteiger partial charge < -0.3 is 9.73 Å². The predicted molar refractivity (Wildman–Crippen MR) is 100 cm³/mol. The SMILES string of the molecule is Cc1cccc(S(=O)(=O)NCC(=O)NCc2cccnc2-c2ccco2)c1. The second-order valence-electron chi connectivity index (χ2n) is 5.91. The number of aryl methyl sites for hydroxylation is 1. The van der Waals surface area contributed by atoms with Crippen LogP contribution in [0.3, 0.4) is 0 Å². The van der Waals surface area contributed by atoms with E-state index in [4.69, 9.17) is 4.42 Å². The summed E-state index contributed by atoms with van der Waals surface area (Å²) in [6.07, 6.45) is 3.19. The lowest BCUT2D eigenvalue weighted by Gasteiger charge is -2.10. The fourth-order valence-corrected chi connectivity index (χ4v) is 3.59. The average Bonchev–Trinajstić information content (AvgIpc) is 3.19. The number of nitrogens with zero attached hydrogens (tertiary/aromatic N) is 1. The van der Waals surface area contributed by atoms with Gasteiger partial charge in [-0.2, -0.15) is 0 Å². The summed E-state index contributed by atoms with van der Waals surface area (Å²) >= 11 is 0. The smallest absolute Gasteiger partial charge is 0.241 e. The van der Waals surface area contributed by atoms with Crippen molar-refractivity contribution in [3.63, 3.8) is 0 Å². The normalized spacial score (nSPS) is 11.3. The molecule has 0 aliphatic heterocycles. The molecule has 1 amide bonds. The number of benzene rings is 1. The Morgan fingerprint density at radius 2 is 2.00 bits per heavy atom. The van der Waals surface area contributed by atoms with E-state index in [1.165, 1.54) is 6.07 Å². The highest BCUT2D eigenvalue weighted by Crippen LogP contribution is 2.21. The quantitative estimate of drug-likeness (QED) is 0.650. The topological polar surface area (TPSA) is 101 Å². The first kappa shape index (κ1) is 18.8. The Kier molecular flexibility index (Phi) is 5.68. The van der Waals surface area contributed by atoms with Crippen molar-refractivity contribution in [2.24, 2.45) is 0 Å². The Hall–Kier alpha value is -2.97. The fourth-order valence-electron chi connectivity index (χ4n) is 2.50. The molecule has 0 fully saturated rings. The van der Waals surface area contributed by atoms with Crippen molar-refractivity contribution in [1.82, 2.24) is 15.0 Å². The first-order chi connectivity index (χ1) is 13.0. The van der Waals surface area contributed by atoms with Gasteiger partial charge in [0.05, 0.1) is 17.7 Å². The van der Waals surface area contributed by atoms with Gasteiger partial charge in [-0.3, -0.25) is 9.78 Å². The van der Waals surface area contributed by atoms with Gasteiger partial charge in [-0.1, -0.05) is 18.2 Å². The highest BCUT2D eigenvalue weighted by molar-refractivity contribution is 7.89. The molecule has 0 radical (unpaired) electrons. The number of nitrogens with one attached hydrogen (secondary N) is 2. The monoisotopic (exact) mass is 385 g/mol. The molecular weight excluding hydrogens is 366 g/mol. The lowest BCUT2D eigenvalue weighted by atomic mass is 10.1. The standard InChI is InChI=1S/C19H19N3O4S/c1-14-5-2-7-16(11-14)27(24,25)22-13-18(23)21-12-15-6-3-9-20-19(15)17-8-4-10-26-17/h2-11,22H,12-13H2,1H3,(H,21,23). The second kappa shape index (κ2) is 8.15. The van der Waals surface area contributed by atoms with E-state index in [1.807, 2.05) is 6.07 Å². The van der Waals surface area contributed by atoms with Gasteiger partial charge in [0.2, 0.25) is 15.9 Å². The van der Waals surface area contributed by atoms with Crippen LogP contribution in [0.4, 0.5) is 0 Å². The van der Waals surface area contributed by atoms with E-state index in [0.717, 1.165) is 11.1 Å². The Labute approximate surface area is 157 Å². The number of sulfonamides is 1. The van der Waals surface area contributed by atoms with Crippen LogP contribution in [0.25, 0.3) is 11.5 Å². The fraction of sp³-hybridized carbons (Fsp3) is 0.158. The van der Waals surface area contributed by atoms with E-state index in [1.54, 1.807) is 55.8 Å². The molecular formula is C19H19N3O4S. The lowest BCUT2D eigenvalue weighted by Crippen LogP contribution is -2.36. The maximum atomic E-state index is 12.3. The van der Waals surface area contributed by atoms with Crippen molar-refractivity contribution in [1.29, 1.82) is 0 Å². The Bertz CT molecular complexity index is 1030. The number of furan rings is 1. The summed E-state index contributed by atoms with van der Waals surface area (Å²) in [5.74, 6) is 0.153. The summed E-state index contributed by atoms with van der Waals surface area (Å²) in [7, 11) is -3.74. The molecule has 0 saturated heterocycles. The van der Waals surface area contributed by atoms with Crippen LogP contribution in [0.5, 0.6) is 0 Å². The molecule has 0 spiro atoms. The second-order valence-corrected chi connectivity index (χ2v) is 7.67. The van der Waals surface area contributed by atoms with Crippen LogP contribution in [-0.4, -0.2) is 25.9 Å². The van der Waals surface area contributed by atoms with Gasteiger partial charge >= 0.3 is 0 Å². The first-order valence-electron chi connectivity index (χ1n) is 8.26. The van der Waals surface area contributed by atoms with E-state index in [0.29, 0.717) is 11.5 Å². The highest BCUT2D eigenvalue weighted by Gasteiger charge is 2.16. The van der Waals surface area contributed by atoms with Crippen molar-refractivity contribution in [2.75, 3.05) is 6.54 Å². The van der Waals surface area contributed by atoms with Crippen LogP contribution in [-0.2, 0) is 21.4 Å². The number of rotatable bonds is 7. The third-order valence-electron chi connectivity index (χ3n) is 3.84. The molecule has 2 N–H and O–H groups in total. The molecule has 2 heterocycles. The third kappa shape index (κ3) is 4.81. The molecule has 0 unspecified atom stereocenters. The van der Waals surface area contributed by atoms with Crippen LogP contribution < -0.4 is 10.0 Å².